The topological polar surface area (TPSA) is 74.4 Å². The first-order valence-corrected chi connectivity index (χ1v) is 5.09. The van der Waals surface area contributed by atoms with Crippen molar-refractivity contribution in [1.29, 1.82) is 0 Å². The Morgan fingerprint density at radius 2 is 2.27 bits per heavy atom. The molecule has 0 fully saturated rings. The fourth-order valence-corrected chi connectivity index (χ4v) is 1.16. The van der Waals surface area contributed by atoms with Gasteiger partial charge in [0.15, 0.2) is 0 Å². The van der Waals surface area contributed by atoms with Crippen LogP contribution < -0.4 is 10.2 Å². The average Bonchev–Trinajstić information content (AvgIpc) is 2.73. The van der Waals surface area contributed by atoms with Crippen molar-refractivity contribution in [2.45, 2.75) is 19.9 Å². The van der Waals surface area contributed by atoms with Crippen LogP contribution in [0.2, 0.25) is 0 Å². The number of aliphatic hydroxyl groups is 1. The molecular weight excluding hydrogens is 196 g/mol. The minimum atomic E-state index is 0.0408. The molecule has 0 saturated carbocycles. The van der Waals surface area contributed by atoms with E-state index < -0.39 is 0 Å². The van der Waals surface area contributed by atoms with Crippen molar-refractivity contribution in [2.24, 2.45) is 0 Å². The molecule has 0 spiro atoms. The lowest BCUT2D eigenvalue weighted by atomic mass is 10.3. The molecule has 6 nitrogen and oxygen atoms in total. The molecule has 86 valence electrons. The van der Waals surface area contributed by atoms with E-state index in [9.17, 15) is 0 Å². The van der Waals surface area contributed by atoms with Gasteiger partial charge in [0, 0.05) is 13.1 Å². The molecule has 0 aliphatic carbocycles. The van der Waals surface area contributed by atoms with E-state index in [4.69, 9.17) is 9.52 Å². The van der Waals surface area contributed by atoms with Crippen LogP contribution in [0.1, 0.15) is 25.8 Å². The molecule has 0 amide bonds. The fourth-order valence-electron chi connectivity index (χ4n) is 1.16. The van der Waals surface area contributed by atoms with Crippen LogP contribution in [0.15, 0.2) is 4.42 Å². The van der Waals surface area contributed by atoms with E-state index >= 15 is 0 Å². The van der Waals surface area contributed by atoms with E-state index in [1.54, 1.807) is 0 Å². The number of nitrogens with one attached hydrogen (secondary N) is 1. The summed E-state index contributed by atoms with van der Waals surface area (Å²) in [5.41, 5.74) is 0. The Bertz CT molecular complexity index is 289. The van der Waals surface area contributed by atoms with Crippen LogP contribution in [0, 0.1) is 0 Å². The van der Waals surface area contributed by atoms with Crippen LogP contribution in [0.25, 0.3) is 0 Å². The van der Waals surface area contributed by atoms with Crippen LogP contribution in [0.5, 0.6) is 0 Å². The molecule has 1 rings (SSSR count). The minimum absolute atomic E-state index is 0.0408. The second kappa shape index (κ2) is 5.67. The van der Waals surface area contributed by atoms with Gasteiger partial charge >= 0.3 is 6.01 Å². The lowest BCUT2D eigenvalue weighted by molar-refractivity contribution is 0.298. The molecule has 15 heavy (non-hydrogen) atoms. The summed E-state index contributed by atoms with van der Waals surface area (Å²) in [4.78, 5) is 1.83. The normalized spacial score (nSPS) is 12.8. The molecular formula is C9H18N4O2. The van der Waals surface area contributed by atoms with Crippen molar-refractivity contribution in [3.05, 3.63) is 5.89 Å². The SMILES string of the molecule is CCN(CCO)c1nnc(C(C)NC)o1. The summed E-state index contributed by atoms with van der Waals surface area (Å²) in [6.07, 6.45) is 0. The van der Waals surface area contributed by atoms with Crippen LogP contribution in [-0.2, 0) is 0 Å². The number of hydrogen-bond acceptors (Lipinski definition) is 6. The quantitative estimate of drug-likeness (QED) is 0.703. The predicted molar refractivity (Wildman–Crippen MR) is 56.7 cm³/mol. The highest BCUT2D eigenvalue weighted by molar-refractivity contribution is 5.23. The Hall–Kier alpha value is -1.14. The molecule has 6 heteroatoms. The molecule has 0 aromatic carbocycles. The largest absolute Gasteiger partial charge is 0.406 e. The molecule has 1 unspecified atom stereocenters. The van der Waals surface area contributed by atoms with Gasteiger partial charge in [-0.25, -0.2) is 0 Å². The standard InChI is InChI=1S/C9H18N4O2/c1-4-13(5-6-14)9-12-11-8(15-9)7(2)10-3/h7,10,14H,4-6H2,1-3H3. The Kier molecular flexibility index (Phi) is 4.51. The first-order chi connectivity index (χ1) is 7.22. The second-order valence-corrected chi connectivity index (χ2v) is 3.24. The third-order valence-electron chi connectivity index (χ3n) is 2.26. The molecule has 0 saturated heterocycles. The second-order valence-electron chi connectivity index (χ2n) is 3.24. The maximum absolute atomic E-state index is 8.85. The molecule has 0 bridgehead atoms. The Morgan fingerprint density at radius 1 is 1.53 bits per heavy atom. The first-order valence-electron chi connectivity index (χ1n) is 5.09. The summed E-state index contributed by atoms with van der Waals surface area (Å²) in [6, 6.07) is 0.503. The zero-order valence-corrected chi connectivity index (χ0v) is 9.40. The number of nitrogens with zero attached hydrogens (tertiary/aromatic N) is 3. The van der Waals surface area contributed by atoms with E-state index in [1.807, 2.05) is 25.8 Å². The van der Waals surface area contributed by atoms with Gasteiger partial charge in [-0.2, -0.15) is 0 Å². The number of likely N-dealkylation sites (N-methyl/N-ethyl adjacent to an activating group) is 1. The molecule has 0 radical (unpaired) electrons. The van der Waals surface area contributed by atoms with Crippen molar-refractivity contribution in [2.75, 3.05) is 31.6 Å². The van der Waals surface area contributed by atoms with Gasteiger partial charge in [-0.3, -0.25) is 0 Å². The van der Waals surface area contributed by atoms with Crippen molar-refractivity contribution >= 4 is 6.01 Å². The van der Waals surface area contributed by atoms with Crippen molar-refractivity contribution in [3.8, 4) is 0 Å². The lowest BCUT2D eigenvalue weighted by Gasteiger charge is -2.15. The molecule has 0 aliphatic rings. The van der Waals surface area contributed by atoms with Crippen LogP contribution in [0.4, 0.5) is 6.01 Å². The summed E-state index contributed by atoms with van der Waals surface area (Å²) >= 11 is 0. The van der Waals surface area contributed by atoms with E-state index in [0.29, 0.717) is 18.5 Å². The minimum Gasteiger partial charge on any atom is -0.406 e. The molecule has 1 heterocycles. The van der Waals surface area contributed by atoms with E-state index in [1.165, 1.54) is 0 Å². The molecule has 0 aliphatic heterocycles. The fraction of sp³-hybridized carbons (Fsp3) is 0.778. The summed E-state index contributed by atoms with van der Waals surface area (Å²) in [5, 5.41) is 19.7. The maximum Gasteiger partial charge on any atom is 0.318 e. The molecule has 1 aromatic heterocycles. The monoisotopic (exact) mass is 214 g/mol. The van der Waals surface area contributed by atoms with Gasteiger partial charge in [0.25, 0.3) is 0 Å². The summed E-state index contributed by atoms with van der Waals surface area (Å²) < 4.78 is 5.47. The van der Waals surface area contributed by atoms with Crippen LogP contribution in [0.3, 0.4) is 0 Å². The Morgan fingerprint density at radius 3 is 2.80 bits per heavy atom. The zero-order valence-electron chi connectivity index (χ0n) is 9.40. The van der Waals surface area contributed by atoms with Gasteiger partial charge < -0.3 is 19.7 Å². The highest BCUT2D eigenvalue weighted by Gasteiger charge is 2.15. The Labute approximate surface area is 89.3 Å². The average molecular weight is 214 g/mol. The van der Waals surface area contributed by atoms with Crippen LogP contribution >= 0.6 is 0 Å². The first kappa shape index (κ1) is 11.9. The number of aliphatic hydroxyl groups excluding tert-OH is 1. The summed E-state index contributed by atoms with van der Waals surface area (Å²) in [7, 11) is 1.83. The lowest BCUT2D eigenvalue weighted by Crippen LogP contribution is -2.26. The van der Waals surface area contributed by atoms with Crippen LogP contribution in [-0.4, -0.2) is 42.0 Å². The summed E-state index contributed by atoms with van der Waals surface area (Å²) in [5.74, 6) is 0.559. The van der Waals surface area contributed by atoms with E-state index in [-0.39, 0.29) is 12.6 Å². The van der Waals surface area contributed by atoms with Gasteiger partial charge in [-0.1, -0.05) is 5.10 Å². The number of anilines is 1. The van der Waals surface area contributed by atoms with E-state index in [2.05, 4.69) is 15.5 Å². The van der Waals surface area contributed by atoms with Gasteiger partial charge in [-0.15, -0.1) is 5.10 Å². The van der Waals surface area contributed by atoms with Gasteiger partial charge in [0.1, 0.15) is 0 Å². The van der Waals surface area contributed by atoms with E-state index in [0.717, 1.165) is 6.54 Å². The number of rotatable bonds is 6. The van der Waals surface area contributed by atoms with Gasteiger partial charge in [0.05, 0.1) is 12.6 Å². The molecule has 1 aromatic rings. The van der Waals surface area contributed by atoms with Gasteiger partial charge in [0.2, 0.25) is 5.89 Å². The maximum atomic E-state index is 8.85. The zero-order chi connectivity index (χ0) is 11.3. The molecule has 2 N–H and O–H groups in total. The summed E-state index contributed by atoms with van der Waals surface area (Å²) in [6.45, 7) is 5.23. The highest BCUT2D eigenvalue weighted by atomic mass is 16.4. The smallest absolute Gasteiger partial charge is 0.318 e. The number of hydrogen-bond donors (Lipinski definition) is 2. The highest BCUT2D eigenvalue weighted by Crippen LogP contribution is 2.16. The number of aromatic nitrogens is 2. The molecule has 1 atom stereocenters. The van der Waals surface area contributed by atoms with Crippen molar-refractivity contribution < 1.29 is 9.52 Å². The van der Waals surface area contributed by atoms with Crippen molar-refractivity contribution in [3.63, 3.8) is 0 Å². The van der Waals surface area contributed by atoms with Crippen molar-refractivity contribution in [1.82, 2.24) is 15.5 Å². The predicted octanol–water partition coefficient (Wildman–Crippen LogP) is 0.169. The Balaban J connectivity index is 2.72. The third kappa shape index (κ3) is 2.90. The van der Waals surface area contributed by atoms with Gasteiger partial charge in [-0.05, 0) is 20.9 Å². The third-order valence-corrected chi connectivity index (χ3v) is 2.26.